The van der Waals surface area contributed by atoms with Crippen molar-refractivity contribution in [1.29, 1.82) is 0 Å². The van der Waals surface area contributed by atoms with Crippen molar-refractivity contribution in [3.05, 3.63) is 23.7 Å². The van der Waals surface area contributed by atoms with E-state index in [2.05, 4.69) is 11.4 Å². The second-order valence-electron chi connectivity index (χ2n) is 4.90. The average molecular weight is 237 g/mol. The lowest BCUT2D eigenvalue weighted by molar-refractivity contribution is -0.149. The molecule has 1 aromatic rings. The van der Waals surface area contributed by atoms with Gasteiger partial charge < -0.3 is 19.2 Å². The van der Waals surface area contributed by atoms with E-state index in [9.17, 15) is 0 Å². The number of morpholine rings is 1. The van der Waals surface area contributed by atoms with E-state index >= 15 is 0 Å². The van der Waals surface area contributed by atoms with Crippen LogP contribution in [0.4, 0.5) is 0 Å². The van der Waals surface area contributed by atoms with Gasteiger partial charge in [-0.1, -0.05) is 0 Å². The molecule has 2 saturated heterocycles. The Kier molecular flexibility index (Phi) is 2.94. The third kappa shape index (κ3) is 2.01. The van der Waals surface area contributed by atoms with Crippen molar-refractivity contribution in [3.63, 3.8) is 0 Å². The molecule has 0 radical (unpaired) electrons. The van der Waals surface area contributed by atoms with Crippen LogP contribution < -0.4 is 5.32 Å². The van der Waals surface area contributed by atoms with Crippen molar-refractivity contribution >= 4 is 0 Å². The van der Waals surface area contributed by atoms with E-state index < -0.39 is 0 Å². The van der Waals surface area contributed by atoms with Crippen LogP contribution in [0.1, 0.15) is 30.2 Å². The van der Waals surface area contributed by atoms with Crippen LogP contribution in [0, 0.1) is 6.92 Å². The standard InChI is InChI=1S/C13H19NO3/c1-10-8-11(9-16-10)12-13(17-7-4-14-12)2-5-15-6-3-13/h8-9,12,14H,2-7H2,1H3. The lowest BCUT2D eigenvalue weighted by Gasteiger charge is -2.46. The molecule has 1 aromatic heterocycles. The van der Waals surface area contributed by atoms with Crippen molar-refractivity contribution in [2.75, 3.05) is 26.4 Å². The lowest BCUT2D eigenvalue weighted by Crippen LogP contribution is -2.54. The van der Waals surface area contributed by atoms with Crippen molar-refractivity contribution in [2.24, 2.45) is 0 Å². The number of hydrogen-bond acceptors (Lipinski definition) is 4. The fraction of sp³-hybridized carbons (Fsp3) is 0.692. The number of rotatable bonds is 1. The van der Waals surface area contributed by atoms with Gasteiger partial charge in [-0.15, -0.1) is 0 Å². The first kappa shape index (κ1) is 11.3. The van der Waals surface area contributed by atoms with Crippen LogP contribution in [0.2, 0.25) is 0 Å². The molecule has 2 aliphatic rings. The van der Waals surface area contributed by atoms with Crippen molar-refractivity contribution in [1.82, 2.24) is 5.32 Å². The Hall–Kier alpha value is -0.840. The molecular formula is C13H19NO3. The normalized spacial score (nSPS) is 28.4. The van der Waals surface area contributed by atoms with E-state index in [1.54, 1.807) is 0 Å². The van der Waals surface area contributed by atoms with Gasteiger partial charge in [-0.25, -0.2) is 0 Å². The van der Waals surface area contributed by atoms with E-state index in [1.807, 2.05) is 13.2 Å². The molecule has 1 atom stereocenters. The Bertz CT molecular complexity index is 374. The Morgan fingerprint density at radius 3 is 2.82 bits per heavy atom. The summed E-state index contributed by atoms with van der Waals surface area (Å²) in [5.74, 6) is 0.953. The maximum absolute atomic E-state index is 6.10. The first-order chi connectivity index (χ1) is 8.30. The van der Waals surface area contributed by atoms with Crippen molar-refractivity contribution in [3.8, 4) is 0 Å². The maximum atomic E-state index is 6.10. The van der Waals surface area contributed by atoms with E-state index in [0.717, 1.165) is 45.0 Å². The summed E-state index contributed by atoms with van der Waals surface area (Å²) in [6, 6.07) is 2.33. The van der Waals surface area contributed by atoms with Crippen molar-refractivity contribution < 1.29 is 13.9 Å². The highest BCUT2D eigenvalue weighted by Gasteiger charge is 2.44. The Labute approximate surface area is 101 Å². The van der Waals surface area contributed by atoms with Gasteiger partial charge in [0.2, 0.25) is 0 Å². The topological polar surface area (TPSA) is 43.6 Å². The number of aryl methyl sites for hydroxylation is 1. The van der Waals surface area contributed by atoms with Crippen LogP contribution in [0.3, 0.4) is 0 Å². The average Bonchev–Trinajstić information content (AvgIpc) is 2.77. The summed E-state index contributed by atoms with van der Waals surface area (Å²) < 4.78 is 17.0. The minimum atomic E-state index is -0.104. The van der Waals surface area contributed by atoms with Crippen LogP contribution in [0.15, 0.2) is 16.7 Å². The molecule has 1 unspecified atom stereocenters. The molecule has 94 valence electrons. The van der Waals surface area contributed by atoms with Gasteiger partial charge in [0.05, 0.1) is 24.5 Å². The predicted octanol–water partition coefficient (Wildman–Crippen LogP) is 1.80. The number of furan rings is 1. The molecule has 2 fully saturated rings. The molecule has 4 nitrogen and oxygen atoms in total. The molecule has 1 spiro atoms. The largest absolute Gasteiger partial charge is 0.469 e. The van der Waals surface area contributed by atoms with Gasteiger partial charge >= 0.3 is 0 Å². The fourth-order valence-electron chi connectivity index (χ4n) is 2.91. The lowest BCUT2D eigenvalue weighted by atomic mass is 9.82. The van der Waals surface area contributed by atoms with Crippen LogP contribution in [-0.4, -0.2) is 32.0 Å². The molecule has 17 heavy (non-hydrogen) atoms. The summed E-state index contributed by atoms with van der Waals surface area (Å²) in [6.45, 7) is 5.23. The second kappa shape index (κ2) is 4.44. The zero-order valence-corrected chi connectivity index (χ0v) is 10.2. The molecule has 2 aliphatic heterocycles. The van der Waals surface area contributed by atoms with E-state index in [1.165, 1.54) is 5.56 Å². The zero-order valence-electron chi connectivity index (χ0n) is 10.2. The summed E-state index contributed by atoms with van der Waals surface area (Å²) in [6.07, 6.45) is 3.75. The molecule has 0 saturated carbocycles. The number of ether oxygens (including phenoxy) is 2. The number of hydrogen-bond donors (Lipinski definition) is 1. The molecule has 0 aliphatic carbocycles. The van der Waals surface area contributed by atoms with Gasteiger partial charge in [-0.05, 0) is 13.0 Å². The monoisotopic (exact) mass is 237 g/mol. The van der Waals surface area contributed by atoms with Gasteiger partial charge in [0.25, 0.3) is 0 Å². The fourth-order valence-corrected chi connectivity index (χ4v) is 2.91. The summed E-state index contributed by atoms with van der Waals surface area (Å²) in [5, 5.41) is 3.57. The second-order valence-corrected chi connectivity index (χ2v) is 4.90. The quantitative estimate of drug-likeness (QED) is 0.809. The number of nitrogens with one attached hydrogen (secondary N) is 1. The van der Waals surface area contributed by atoms with E-state index in [4.69, 9.17) is 13.9 Å². The third-order valence-corrected chi connectivity index (χ3v) is 3.79. The van der Waals surface area contributed by atoms with Crippen LogP contribution >= 0.6 is 0 Å². The van der Waals surface area contributed by atoms with Gasteiger partial charge in [-0.2, -0.15) is 0 Å². The molecule has 4 heteroatoms. The highest BCUT2D eigenvalue weighted by Crippen LogP contribution is 2.39. The first-order valence-electron chi connectivity index (χ1n) is 6.30. The molecule has 0 bridgehead atoms. The summed E-state index contributed by atoms with van der Waals surface area (Å²) in [4.78, 5) is 0. The Morgan fingerprint density at radius 2 is 2.12 bits per heavy atom. The van der Waals surface area contributed by atoms with E-state index in [0.29, 0.717) is 0 Å². The van der Waals surface area contributed by atoms with Gasteiger partial charge in [0.15, 0.2) is 0 Å². The third-order valence-electron chi connectivity index (χ3n) is 3.79. The Balaban J connectivity index is 1.89. The maximum Gasteiger partial charge on any atom is 0.101 e. The molecule has 0 aromatic carbocycles. The SMILES string of the molecule is Cc1cc(C2NCCOC23CCOCC3)co1. The molecular weight excluding hydrogens is 218 g/mol. The molecule has 3 heterocycles. The van der Waals surface area contributed by atoms with Crippen LogP contribution in [0.5, 0.6) is 0 Å². The smallest absolute Gasteiger partial charge is 0.101 e. The minimum absolute atomic E-state index is 0.104. The summed E-state index contributed by atoms with van der Waals surface area (Å²) in [7, 11) is 0. The van der Waals surface area contributed by atoms with Gasteiger partial charge in [-0.3, -0.25) is 0 Å². The zero-order chi connectivity index (χ0) is 11.7. The van der Waals surface area contributed by atoms with Gasteiger partial charge in [0, 0.05) is 38.2 Å². The first-order valence-corrected chi connectivity index (χ1v) is 6.30. The molecule has 0 amide bonds. The van der Waals surface area contributed by atoms with Crippen LogP contribution in [-0.2, 0) is 9.47 Å². The summed E-state index contributed by atoms with van der Waals surface area (Å²) >= 11 is 0. The highest BCUT2D eigenvalue weighted by molar-refractivity contribution is 5.21. The van der Waals surface area contributed by atoms with Crippen molar-refractivity contribution in [2.45, 2.75) is 31.4 Å². The van der Waals surface area contributed by atoms with Crippen LogP contribution in [0.25, 0.3) is 0 Å². The van der Waals surface area contributed by atoms with E-state index in [-0.39, 0.29) is 11.6 Å². The van der Waals surface area contributed by atoms with Gasteiger partial charge in [0.1, 0.15) is 5.76 Å². The molecule has 3 rings (SSSR count). The Morgan fingerprint density at radius 1 is 1.29 bits per heavy atom. The predicted molar refractivity (Wildman–Crippen MR) is 62.9 cm³/mol. The molecule has 1 N–H and O–H groups in total. The minimum Gasteiger partial charge on any atom is -0.469 e. The highest BCUT2D eigenvalue weighted by atomic mass is 16.5. The summed E-state index contributed by atoms with van der Waals surface area (Å²) in [5.41, 5.74) is 1.09.